The molecule has 0 aliphatic rings. The van der Waals surface area contributed by atoms with Crippen LogP contribution < -0.4 is 4.74 Å². The molecule has 4 rings (SSSR count). The van der Waals surface area contributed by atoms with Gasteiger partial charge in [-0.3, -0.25) is 0 Å². The fourth-order valence-corrected chi connectivity index (χ4v) is 3.06. The summed E-state index contributed by atoms with van der Waals surface area (Å²) in [5.41, 5.74) is 2.25. The number of ether oxygens (including phenoxy) is 1. The highest BCUT2D eigenvalue weighted by Crippen LogP contribution is 2.27. The van der Waals surface area contributed by atoms with E-state index in [0.29, 0.717) is 29.8 Å². The molecule has 4 aromatic rings. The Hall–Kier alpha value is -2.86. The Morgan fingerprint density at radius 3 is 2.88 bits per heavy atom. The molecule has 0 radical (unpaired) electrons. The monoisotopic (exact) mass is 352 g/mol. The predicted octanol–water partition coefficient (Wildman–Crippen LogP) is 5.25. The Bertz CT molecular complexity index is 986. The van der Waals surface area contributed by atoms with E-state index < -0.39 is 0 Å². The van der Waals surface area contributed by atoms with Gasteiger partial charge in [0.05, 0.1) is 4.88 Å². The van der Waals surface area contributed by atoms with Crippen molar-refractivity contribution >= 4 is 11.3 Å². The summed E-state index contributed by atoms with van der Waals surface area (Å²) >= 11 is 1.56. The first kappa shape index (κ1) is 15.7. The summed E-state index contributed by atoms with van der Waals surface area (Å²) in [4.78, 5) is 5.34. The van der Waals surface area contributed by atoms with E-state index >= 15 is 0 Å². The van der Waals surface area contributed by atoms with Gasteiger partial charge in [-0.2, -0.15) is 4.98 Å². The molecule has 3 heterocycles. The van der Waals surface area contributed by atoms with Crippen LogP contribution in [-0.4, -0.2) is 10.1 Å². The molecule has 0 spiro atoms. The number of furan rings is 1. The maximum absolute atomic E-state index is 5.86. The Morgan fingerprint density at radius 2 is 2.04 bits per heavy atom. The van der Waals surface area contributed by atoms with Crippen molar-refractivity contribution in [2.24, 2.45) is 0 Å². The number of aromatic nitrogens is 2. The minimum atomic E-state index is 0.343. The smallest absolute Gasteiger partial charge is 0.293 e. The van der Waals surface area contributed by atoms with Crippen LogP contribution in [0.2, 0.25) is 0 Å². The summed E-state index contributed by atoms with van der Waals surface area (Å²) in [6.45, 7) is 4.40. The maximum atomic E-state index is 5.86. The SMILES string of the molecule is Cc1ccc(C)c(OCc2ccc(-c3nc(-c4cccs4)no3)o2)c1. The van der Waals surface area contributed by atoms with Gasteiger partial charge in [0.25, 0.3) is 5.89 Å². The van der Waals surface area contributed by atoms with Crippen LogP contribution in [0.25, 0.3) is 22.4 Å². The molecule has 0 bridgehead atoms. The Labute approximate surface area is 148 Å². The third-order valence-corrected chi connectivity index (χ3v) is 4.62. The fraction of sp³-hybridized carbons (Fsp3) is 0.158. The molecule has 0 N–H and O–H groups in total. The molecule has 1 aromatic carbocycles. The molecular formula is C19H16N2O3S. The van der Waals surface area contributed by atoms with E-state index in [1.54, 1.807) is 11.3 Å². The standard InChI is InChI=1S/C19H16N2O3S/c1-12-5-6-13(2)16(10-12)22-11-14-7-8-15(23-14)19-20-18(21-24-19)17-4-3-9-25-17/h3-10H,11H2,1-2H3. The van der Waals surface area contributed by atoms with Gasteiger partial charge in [-0.25, -0.2) is 0 Å². The maximum Gasteiger partial charge on any atom is 0.293 e. The van der Waals surface area contributed by atoms with E-state index in [2.05, 4.69) is 16.2 Å². The quantitative estimate of drug-likeness (QED) is 0.491. The predicted molar refractivity (Wildman–Crippen MR) is 95.6 cm³/mol. The van der Waals surface area contributed by atoms with E-state index in [1.165, 1.54) is 0 Å². The average Bonchev–Trinajstić information content (AvgIpc) is 3.35. The summed E-state index contributed by atoms with van der Waals surface area (Å²) in [6.07, 6.45) is 0. The van der Waals surface area contributed by atoms with Gasteiger partial charge in [-0.05, 0) is 54.6 Å². The minimum absolute atomic E-state index is 0.343. The third-order valence-electron chi connectivity index (χ3n) is 3.75. The molecule has 0 amide bonds. The first-order valence-electron chi connectivity index (χ1n) is 7.86. The van der Waals surface area contributed by atoms with Crippen LogP contribution in [0, 0.1) is 13.8 Å². The number of hydrogen-bond acceptors (Lipinski definition) is 6. The molecule has 0 aliphatic carbocycles. The average molecular weight is 352 g/mol. The van der Waals surface area contributed by atoms with Crippen LogP contribution in [0.5, 0.6) is 5.75 Å². The van der Waals surface area contributed by atoms with E-state index in [-0.39, 0.29) is 0 Å². The van der Waals surface area contributed by atoms with Gasteiger partial charge in [0.15, 0.2) is 5.76 Å². The fourth-order valence-electron chi connectivity index (χ4n) is 2.41. The van der Waals surface area contributed by atoms with Crippen LogP contribution in [0.4, 0.5) is 0 Å². The van der Waals surface area contributed by atoms with Crippen LogP contribution >= 0.6 is 11.3 Å². The molecule has 126 valence electrons. The van der Waals surface area contributed by atoms with Crippen LogP contribution in [0.3, 0.4) is 0 Å². The van der Waals surface area contributed by atoms with Crippen LogP contribution in [0.1, 0.15) is 16.9 Å². The molecule has 6 heteroatoms. The zero-order valence-corrected chi connectivity index (χ0v) is 14.7. The molecule has 3 aromatic heterocycles. The molecular weight excluding hydrogens is 336 g/mol. The highest BCUT2D eigenvalue weighted by atomic mass is 32.1. The van der Waals surface area contributed by atoms with E-state index in [0.717, 1.165) is 21.8 Å². The molecule has 0 aliphatic heterocycles. The number of aryl methyl sites for hydroxylation is 2. The van der Waals surface area contributed by atoms with E-state index in [4.69, 9.17) is 13.7 Å². The first-order valence-corrected chi connectivity index (χ1v) is 8.74. The lowest BCUT2D eigenvalue weighted by atomic mass is 10.1. The molecule has 0 unspecified atom stereocenters. The van der Waals surface area contributed by atoms with Crippen molar-refractivity contribution in [2.75, 3.05) is 0 Å². The van der Waals surface area contributed by atoms with Crippen LogP contribution in [0.15, 0.2) is 56.8 Å². The third kappa shape index (κ3) is 3.34. The number of nitrogens with zero attached hydrogens (tertiary/aromatic N) is 2. The number of rotatable bonds is 5. The van der Waals surface area contributed by atoms with Crippen molar-refractivity contribution in [1.82, 2.24) is 10.1 Å². The summed E-state index contributed by atoms with van der Waals surface area (Å²) in [6, 6.07) is 13.7. The van der Waals surface area contributed by atoms with Gasteiger partial charge in [0.2, 0.25) is 5.82 Å². The topological polar surface area (TPSA) is 61.3 Å². The van der Waals surface area contributed by atoms with Crippen molar-refractivity contribution < 1.29 is 13.7 Å². The second-order valence-electron chi connectivity index (χ2n) is 5.72. The lowest BCUT2D eigenvalue weighted by molar-refractivity contribution is 0.268. The first-order chi connectivity index (χ1) is 12.2. The minimum Gasteiger partial charge on any atom is -0.485 e. The number of hydrogen-bond donors (Lipinski definition) is 0. The van der Waals surface area contributed by atoms with Crippen molar-refractivity contribution in [3.63, 3.8) is 0 Å². The van der Waals surface area contributed by atoms with E-state index in [1.807, 2.05) is 55.6 Å². The van der Waals surface area contributed by atoms with Crippen molar-refractivity contribution in [3.8, 4) is 28.1 Å². The number of thiophene rings is 1. The van der Waals surface area contributed by atoms with Gasteiger partial charge in [-0.15, -0.1) is 11.3 Å². The van der Waals surface area contributed by atoms with Crippen molar-refractivity contribution in [3.05, 3.63) is 64.7 Å². The zero-order valence-electron chi connectivity index (χ0n) is 13.9. The van der Waals surface area contributed by atoms with Gasteiger partial charge in [-0.1, -0.05) is 23.4 Å². The van der Waals surface area contributed by atoms with Gasteiger partial charge in [0, 0.05) is 0 Å². The lowest BCUT2D eigenvalue weighted by Gasteiger charge is -2.08. The highest BCUT2D eigenvalue weighted by Gasteiger charge is 2.15. The molecule has 5 nitrogen and oxygen atoms in total. The normalized spacial score (nSPS) is 11.0. The Balaban J connectivity index is 1.48. The second kappa shape index (κ2) is 6.57. The van der Waals surface area contributed by atoms with Gasteiger partial charge >= 0.3 is 0 Å². The summed E-state index contributed by atoms with van der Waals surface area (Å²) < 4.78 is 16.9. The molecule has 0 fully saturated rings. The highest BCUT2D eigenvalue weighted by molar-refractivity contribution is 7.13. The second-order valence-corrected chi connectivity index (χ2v) is 6.67. The van der Waals surface area contributed by atoms with Gasteiger partial charge < -0.3 is 13.7 Å². The van der Waals surface area contributed by atoms with Crippen molar-refractivity contribution in [1.29, 1.82) is 0 Å². The van der Waals surface area contributed by atoms with Crippen LogP contribution in [-0.2, 0) is 6.61 Å². The summed E-state index contributed by atoms with van der Waals surface area (Å²) in [5, 5.41) is 5.97. The largest absolute Gasteiger partial charge is 0.485 e. The van der Waals surface area contributed by atoms with Crippen molar-refractivity contribution in [2.45, 2.75) is 20.5 Å². The molecule has 0 saturated heterocycles. The molecule has 25 heavy (non-hydrogen) atoms. The summed E-state index contributed by atoms with van der Waals surface area (Å²) in [7, 11) is 0. The number of benzene rings is 1. The summed E-state index contributed by atoms with van der Waals surface area (Å²) in [5.74, 6) is 3.02. The molecule has 0 saturated carbocycles. The Kier molecular flexibility index (Phi) is 4.11. The van der Waals surface area contributed by atoms with Gasteiger partial charge in [0.1, 0.15) is 18.1 Å². The Morgan fingerprint density at radius 1 is 1.12 bits per heavy atom. The molecule has 0 atom stereocenters. The van der Waals surface area contributed by atoms with E-state index in [9.17, 15) is 0 Å². The lowest BCUT2D eigenvalue weighted by Crippen LogP contribution is -1.96. The zero-order chi connectivity index (χ0) is 17.2.